The summed E-state index contributed by atoms with van der Waals surface area (Å²) in [6.45, 7) is 0.802. The zero-order valence-electron chi connectivity index (χ0n) is 12.1. The van der Waals surface area contributed by atoms with E-state index in [0.29, 0.717) is 13.2 Å². The Morgan fingerprint density at radius 2 is 1.14 bits per heavy atom. The van der Waals surface area contributed by atoms with E-state index in [9.17, 15) is 4.21 Å². The van der Waals surface area contributed by atoms with Crippen LogP contribution in [0.4, 0.5) is 0 Å². The van der Waals surface area contributed by atoms with E-state index < -0.39 is 11.4 Å². The molecule has 0 saturated heterocycles. The Kier molecular flexibility index (Phi) is 8.67. The predicted molar refractivity (Wildman–Crippen MR) is 94.4 cm³/mol. The van der Waals surface area contributed by atoms with Gasteiger partial charge in [0.15, 0.2) is 0 Å². The molecule has 118 valence electrons. The molecule has 6 heteroatoms. The maximum Gasteiger partial charge on any atom is 0.304 e. The topological polar surface area (TPSA) is 35.5 Å². The molecule has 0 atom stereocenters. The smallest absolute Gasteiger partial charge is 0.268 e. The van der Waals surface area contributed by atoms with Crippen molar-refractivity contribution in [1.82, 2.24) is 0 Å². The summed E-state index contributed by atoms with van der Waals surface area (Å²) in [5, 5.41) is 0. The molecule has 0 aliphatic carbocycles. The molecule has 0 heterocycles. The molecule has 0 aliphatic rings. The van der Waals surface area contributed by atoms with Crippen molar-refractivity contribution in [3.63, 3.8) is 0 Å². The summed E-state index contributed by atoms with van der Waals surface area (Å²) in [5.41, 5.74) is 0. The van der Waals surface area contributed by atoms with Crippen molar-refractivity contribution < 1.29 is 12.6 Å². The molecule has 2 rings (SSSR count). The standard InChI is InChI=1S/C16H18O3S3/c17-22(18-11-13-20-15-7-3-1-4-8-15)19-12-14-21-16-9-5-2-6-10-16/h1-10H,11-14H2. The molecule has 0 N–H and O–H groups in total. The number of benzene rings is 2. The van der Waals surface area contributed by atoms with Crippen LogP contribution < -0.4 is 0 Å². The van der Waals surface area contributed by atoms with Gasteiger partial charge in [-0.1, -0.05) is 36.4 Å². The van der Waals surface area contributed by atoms with E-state index in [0.717, 1.165) is 11.5 Å². The summed E-state index contributed by atoms with van der Waals surface area (Å²) < 4.78 is 21.8. The Bertz CT molecular complexity index is 500. The Morgan fingerprint density at radius 1 is 0.727 bits per heavy atom. The third kappa shape index (κ3) is 7.47. The van der Waals surface area contributed by atoms with Crippen LogP contribution in [0.15, 0.2) is 70.5 Å². The van der Waals surface area contributed by atoms with Gasteiger partial charge in [-0.25, -0.2) is 0 Å². The predicted octanol–water partition coefficient (Wildman–Crippen LogP) is 4.18. The van der Waals surface area contributed by atoms with E-state index in [2.05, 4.69) is 0 Å². The minimum Gasteiger partial charge on any atom is -0.268 e. The molecule has 2 aromatic rings. The van der Waals surface area contributed by atoms with E-state index >= 15 is 0 Å². The fourth-order valence-electron chi connectivity index (χ4n) is 1.59. The summed E-state index contributed by atoms with van der Waals surface area (Å²) in [4.78, 5) is 2.36. The molecule has 0 fully saturated rings. The minimum absolute atomic E-state index is 0.401. The Hall–Kier alpha value is -0.790. The molecule has 0 spiro atoms. The highest BCUT2D eigenvalue weighted by Gasteiger charge is 2.02. The number of thioether (sulfide) groups is 2. The highest BCUT2D eigenvalue weighted by atomic mass is 32.2. The van der Waals surface area contributed by atoms with Gasteiger partial charge in [0.05, 0.1) is 13.2 Å². The second kappa shape index (κ2) is 10.9. The van der Waals surface area contributed by atoms with Gasteiger partial charge in [0, 0.05) is 21.3 Å². The van der Waals surface area contributed by atoms with Crippen LogP contribution in [-0.2, 0) is 19.7 Å². The van der Waals surface area contributed by atoms with Gasteiger partial charge in [-0.3, -0.25) is 8.37 Å². The lowest BCUT2D eigenvalue weighted by Crippen LogP contribution is -2.07. The molecule has 22 heavy (non-hydrogen) atoms. The average Bonchev–Trinajstić information content (AvgIpc) is 2.57. The molecule has 0 amide bonds. The quantitative estimate of drug-likeness (QED) is 0.472. The summed E-state index contributed by atoms with van der Waals surface area (Å²) in [6.07, 6.45) is 0. The Labute approximate surface area is 142 Å². The van der Waals surface area contributed by atoms with E-state index in [1.165, 1.54) is 9.79 Å². The van der Waals surface area contributed by atoms with Crippen molar-refractivity contribution >= 4 is 34.9 Å². The van der Waals surface area contributed by atoms with Gasteiger partial charge in [-0.2, -0.15) is 4.21 Å². The Morgan fingerprint density at radius 3 is 1.55 bits per heavy atom. The highest BCUT2D eigenvalue weighted by Crippen LogP contribution is 2.17. The van der Waals surface area contributed by atoms with Crippen LogP contribution in [0.25, 0.3) is 0 Å². The molecule has 3 nitrogen and oxygen atoms in total. The zero-order valence-corrected chi connectivity index (χ0v) is 14.5. The van der Waals surface area contributed by atoms with Gasteiger partial charge in [0.1, 0.15) is 0 Å². The highest BCUT2D eigenvalue weighted by molar-refractivity contribution is 7.99. The normalized spacial score (nSPS) is 11.0. The molecule has 0 radical (unpaired) electrons. The lowest BCUT2D eigenvalue weighted by Gasteiger charge is -2.04. The molecule has 0 aromatic heterocycles. The number of hydrogen-bond acceptors (Lipinski definition) is 5. The molecule has 0 aliphatic heterocycles. The van der Waals surface area contributed by atoms with Crippen molar-refractivity contribution in [2.24, 2.45) is 0 Å². The van der Waals surface area contributed by atoms with Crippen LogP contribution in [-0.4, -0.2) is 28.9 Å². The van der Waals surface area contributed by atoms with Gasteiger partial charge < -0.3 is 0 Å². The molecule has 2 aromatic carbocycles. The molecular weight excluding hydrogens is 336 g/mol. The molecule has 0 saturated carbocycles. The van der Waals surface area contributed by atoms with Gasteiger partial charge in [0.2, 0.25) is 0 Å². The minimum atomic E-state index is -1.66. The van der Waals surface area contributed by atoms with Crippen molar-refractivity contribution in [3.8, 4) is 0 Å². The third-order valence-electron chi connectivity index (χ3n) is 2.55. The lowest BCUT2D eigenvalue weighted by atomic mass is 10.4. The fraction of sp³-hybridized carbons (Fsp3) is 0.250. The fourth-order valence-corrected chi connectivity index (χ4v) is 3.81. The second-order valence-corrected chi connectivity index (χ2v) is 7.39. The average molecular weight is 355 g/mol. The molecular formula is C16H18O3S3. The largest absolute Gasteiger partial charge is 0.304 e. The van der Waals surface area contributed by atoms with Crippen LogP contribution in [0, 0.1) is 0 Å². The van der Waals surface area contributed by atoms with Crippen LogP contribution in [0.2, 0.25) is 0 Å². The SMILES string of the molecule is O=S(OCCSc1ccccc1)OCCSc1ccccc1. The third-order valence-corrected chi connectivity index (χ3v) is 5.22. The Balaban J connectivity index is 1.49. The van der Waals surface area contributed by atoms with Gasteiger partial charge >= 0.3 is 11.4 Å². The van der Waals surface area contributed by atoms with E-state index in [1.54, 1.807) is 23.5 Å². The molecule has 0 unspecified atom stereocenters. The first-order valence-electron chi connectivity index (χ1n) is 6.88. The van der Waals surface area contributed by atoms with Gasteiger partial charge in [-0.15, -0.1) is 23.5 Å². The van der Waals surface area contributed by atoms with E-state index in [1.807, 2.05) is 60.7 Å². The van der Waals surface area contributed by atoms with Crippen molar-refractivity contribution in [3.05, 3.63) is 60.7 Å². The van der Waals surface area contributed by atoms with Crippen LogP contribution in [0.3, 0.4) is 0 Å². The number of hydrogen-bond donors (Lipinski definition) is 0. The summed E-state index contributed by atoms with van der Waals surface area (Å²) in [7, 11) is 0. The first-order valence-corrected chi connectivity index (χ1v) is 9.86. The first kappa shape index (κ1) is 17.6. The van der Waals surface area contributed by atoms with Gasteiger partial charge in [0.25, 0.3) is 0 Å². The van der Waals surface area contributed by atoms with Crippen molar-refractivity contribution in [1.29, 1.82) is 0 Å². The summed E-state index contributed by atoms with van der Waals surface area (Å²) in [5.74, 6) is 1.50. The van der Waals surface area contributed by atoms with E-state index in [-0.39, 0.29) is 0 Å². The maximum atomic E-state index is 11.5. The lowest BCUT2D eigenvalue weighted by molar-refractivity contribution is 0.272. The zero-order chi connectivity index (χ0) is 15.5. The molecule has 0 bridgehead atoms. The van der Waals surface area contributed by atoms with Crippen molar-refractivity contribution in [2.45, 2.75) is 9.79 Å². The maximum absolute atomic E-state index is 11.5. The monoisotopic (exact) mass is 354 g/mol. The van der Waals surface area contributed by atoms with Crippen LogP contribution in [0.5, 0.6) is 0 Å². The van der Waals surface area contributed by atoms with Gasteiger partial charge in [-0.05, 0) is 24.3 Å². The van der Waals surface area contributed by atoms with E-state index in [4.69, 9.17) is 8.37 Å². The first-order chi connectivity index (χ1) is 10.8. The number of rotatable bonds is 10. The summed E-state index contributed by atoms with van der Waals surface area (Å²) in [6, 6.07) is 20.1. The van der Waals surface area contributed by atoms with Crippen LogP contribution >= 0.6 is 23.5 Å². The van der Waals surface area contributed by atoms with Crippen molar-refractivity contribution in [2.75, 3.05) is 24.7 Å². The second-order valence-electron chi connectivity index (χ2n) is 4.17. The summed E-state index contributed by atoms with van der Waals surface area (Å²) >= 11 is 1.68. The van der Waals surface area contributed by atoms with Crippen LogP contribution in [0.1, 0.15) is 0 Å².